The number of nitrogens with one attached hydrogen (secondary N) is 1. The molecule has 1 saturated carbocycles. The lowest BCUT2D eigenvalue weighted by molar-refractivity contribution is 0.115. The van der Waals surface area contributed by atoms with Crippen LogP contribution in [0.4, 0.5) is 0 Å². The number of hydrogen-bond donors (Lipinski definition) is 2. The fourth-order valence-corrected chi connectivity index (χ4v) is 4.22. The van der Waals surface area contributed by atoms with Crippen molar-refractivity contribution in [3.63, 3.8) is 0 Å². The fraction of sp³-hybridized carbons (Fsp3) is 0.600. The molecule has 0 aromatic heterocycles. The Morgan fingerprint density at radius 3 is 2.89 bits per heavy atom. The molecule has 2 N–H and O–H groups in total. The molecule has 2 aliphatic rings. The summed E-state index contributed by atoms with van der Waals surface area (Å²) < 4.78 is 0. The maximum atomic E-state index is 10.2. The lowest BCUT2D eigenvalue weighted by Crippen LogP contribution is -2.41. The van der Waals surface area contributed by atoms with Crippen molar-refractivity contribution in [2.24, 2.45) is 0 Å². The van der Waals surface area contributed by atoms with Crippen LogP contribution in [-0.4, -0.2) is 23.0 Å². The second-order valence-electron chi connectivity index (χ2n) is 5.38. The Bertz CT molecular complexity index is 409. The van der Waals surface area contributed by atoms with Gasteiger partial charge in [-0.25, -0.2) is 0 Å². The molecule has 18 heavy (non-hydrogen) atoms. The monoisotopic (exact) mass is 263 g/mol. The first-order valence-electron chi connectivity index (χ1n) is 7.00. The highest BCUT2D eigenvalue weighted by Crippen LogP contribution is 2.38. The Balaban J connectivity index is 1.70. The van der Waals surface area contributed by atoms with Crippen molar-refractivity contribution in [2.75, 3.05) is 5.75 Å². The summed E-state index contributed by atoms with van der Waals surface area (Å²) in [6.07, 6.45) is 5.60. The minimum Gasteiger partial charge on any atom is -0.392 e. The number of aliphatic hydroxyl groups excluding tert-OH is 1. The van der Waals surface area contributed by atoms with Crippen molar-refractivity contribution in [3.05, 3.63) is 29.8 Å². The molecule has 2 nitrogen and oxygen atoms in total. The number of aliphatic hydroxyl groups is 1. The van der Waals surface area contributed by atoms with Gasteiger partial charge in [-0.15, -0.1) is 11.8 Å². The predicted octanol–water partition coefficient (Wildman–Crippen LogP) is 3.12. The number of thioether (sulfide) groups is 1. The van der Waals surface area contributed by atoms with Gasteiger partial charge in [-0.05, 0) is 24.5 Å². The van der Waals surface area contributed by atoms with Crippen molar-refractivity contribution in [3.8, 4) is 0 Å². The third kappa shape index (κ3) is 2.58. The summed E-state index contributed by atoms with van der Waals surface area (Å²) in [6, 6.07) is 9.34. The number of benzene rings is 1. The van der Waals surface area contributed by atoms with Gasteiger partial charge in [0, 0.05) is 22.7 Å². The molecule has 3 unspecified atom stereocenters. The van der Waals surface area contributed by atoms with E-state index in [0.717, 1.165) is 18.6 Å². The number of fused-ring (bicyclic) bond motifs is 1. The van der Waals surface area contributed by atoms with Crippen molar-refractivity contribution < 1.29 is 5.11 Å². The first-order valence-corrected chi connectivity index (χ1v) is 7.99. The molecule has 1 heterocycles. The summed E-state index contributed by atoms with van der Waals surface area (Å²) in [7, 11) is 0. The van der Waals surface area contributed by atoms with Crippen LogP contribution in [0.5, 0.6) is 0 Å². The van der Waals surface area contributed by atoms with Gasteiger partial charge in [-0.3, -0.25) is 0 Å². The summed E-state index contributed by atoms with van der Waals surface area (Å²) in [6.45, 7) is 0. The lowest BCUT2D eigenvalue weighted by atomic mass is 10.0. The van der Waals surface area contributed by atoms with Crippen molar-refractivity contribution in [1.82, 2.24) is 5.32 Å². The number of hydrogen-bond acceptors (Lipinski definition) is 3. The fourth-order valence-electron chi connectivity index (χ4n) is 3.04. The smallest absolute Gasteiger partial charge is 0.0693 e. The third-order valence-electron chi connectivity index (χ3n) is 4.09. The molecule has 1 aromatic carbocycles. The SMILES string of the molecule is OC1CCCCCC1NC1CSc2ccccc21. The van der Waals surface area contributed by atoms with Gasteiger partial charge in [0.05, 0.1) is 6.10 Å². The largest absolute Gasteiger partial charge is 0.392 e. The van der Waals surface area contributed by atoms with Gasteiger partial charge in [0.1, 0.15) is 0 Å². The van der Waals surface area contributed by atoms with E-state index in [1.54, 1.807) is 0 Å². The van der Waals surface area contributed by atoms with Crippen LogP contribution in [0.15, 0.2) is 29.2 Å². The second-order valence-corrected chi connectivity index (χ2v) is 6.44. The molecule has 98 valence electrons. The second kappa shape index (κ2) is 5.64. The summed E-state index contributed by atoms with van der Waals surface area (Å²) in [5.41, 5.74) is 1.42. The molecular weight excluding hydrogens is 242 g/mol. The van der Waals surface area contributed by atoms with Crippen LogP contribution in [0.3, 0.4) is 0 Å². The molecule has 3 rings (SSSR count). The van der Waals surface area contributed by atoms with E-state index in [-0.39, 0.29) is 12.1 Å². The van der Waals surface area contributed by atoms with Crippen LogP contribution < -0.4 is 5.32 Å². The summed E-state index contributed by atoms with van der Waals surface area (Å²) in [5, 5.41) is 13.9. The van der Waals surface area contributed by atoms with Crippen LogP contribution in [-0.2, 0) is 0 Å². The third-order valence-corrected chi connectivity index (χ3v) is 5.28. The predicted molar refractivity (Wildman–Crippen MR) is 75.9 cm³/mol. The van der Waals surface area contributed by atoms with Gasteiger partial charge in [0.25, 0.3) is 0 Å². The van der Waals surface area contributed by atoms with Gasteiger partial charge in [-0.2, -0.15) is 0 Å². The highest BCUT2D eigenvalue weighted by molar-refractivity contribution is 7.99. The molecule has 0 bridgehead atoms. The molecule has 0 amide bonds. The van der Waals surface area contributed by atoms with Gasteiger partial charge in [0.15, 0.2) is 0 Å². The molecule has 1 aliphatic heterocycles. The maximum absolute atomic E-state index is 10.2. The highest BCUT2D eigenvalue weighted by atomic mass is 32.2. The van der Waals surface area contributed by atoms with Gasteiger partial charge in [-0.1, -0.05) is 37.5 Å². The lowest BCUT2D eigenvalue weighted by Gasteiger charge is -2.26. The van der Waals surface area contributed by atoms with Crippen LogP contribution in [0.1, 0.15) is 43.7 Å². The van der Waals surface area contributed by atoms with E-state index >= 15 is 0 Å². The van der Waals surface area contributed by atoms with Crippen LogP contribution in [0, 0.1) is 0 Å². The van der Waals surface area contributed by atoms with Gasteiger partial charge in [0.2, 0.25) is 0 Å². The first kappa shape index (κ1) is 12.5. The first-order chi connectivity index (χ1) is 8.84. The summed E-state index contributed by atoms with van der Waals surface area (Å²) >= 11 is 1.93. The quantitative estimate of drug-likeness (QED) is 0.804. The summed E-state index contributed by atoms with van der Waals surface area (Å²) in [5.74, 6) is 1.10. The Hall–Kier alpha value is -0.510. The summed E-state index contributed by atoms with van der Waals surface area (Å²) in [4.78, 5) is 1.40. The van der Waals surface area contributed by atoms with Crippen LogP contribution in [0.25, 0.3) is 0 Å². The van der Waals surface area contributed by atoms with E-state index in [9.17, 15) is 5.11 Å². The zero-order valence-electron chi connectivity index (χ0n) is 10.6. The van der Waals surface area contributed by atoms with E-state index < -0.39 is 0 Å². The topological polar surface area (TPSA) is 32.3 Å². The molecule has 0 spiro atoms. The Morgan fingerprint density at radius 1 is 1.11 bits per heavy atom. The number of rotatable bonds is 2. The Labute approximate surface area is 113 Å². The Kier molecular flexibility index (Phi) is 3.92. The van der Waals surface area contributed by atoms with E-state index in [2.05, 4.69) is 29.6 Å². The van der Waals surface area contributed by atoms with E-state index in [1.807, 2.05) is 11.8 Å². The van der Waals surface area contributed by atoms with E-state index in [1.165, 1.54) is 29.7 Å². The van der Waals surface area contributed by atoms with Crippen LogP contribution >= 0.6 is 11.8 Å². The molecule has 0 radical (unpaired) electrons. The molecular formula is C15H21NOS. The minimum atomic E-state index is -0.162. The Morgan fingerprint density at radius 2 is 1.94 bits per heavy atom. The zero-order valence-corrected chi connectivity index (χ0v) is 11.5. The maximum Gasteiger partial charge on any atom is 0.0693 e. The molecule has 3 atom stereocenters. The highest BCUT2D eigenvalue weighted by Gasteiger charge is 2.28. The van der Waals surface area contributed by atoms with Crippen LogP contribution in [0.2, 0.25) is 0 Å². The molecule has 3 heteroatoms. The molecule has 1 aromatic rings. The molecule has 1 aliphatic carbocycles. The van der Waals surface area contributed by atoms with Crippen molar-refractivity contribution in [2.45, 2.75) is 55.2 Å². The average Bonchev–Trinajstić information content (AvgIpc) is 2.69. The van der Waals surface area contributed by atoms with Gasteiger partial charge >= 0.3 is 0 Å². The normalized spacial score (nSPS) is 31.9. The zero-order chi connectivity index (χ0) is 12.4. The van der Waals surface area contributed by atoms with Crippen molar-refractivity contribution in [1.29, 1.82) is 0 Å². The average molecular weight is 263 g/mol. The van der Waals surface area contributed by atoms with E-state index in [0.29, 0.717) is 6.04 Å². The van der Waals surface area contributed by atoms with Gasteiger partial charge < -0.3 is 10.4 Å². The minimum absolute atomic E-state index is 0.162. The standard InChI is InChI=1S/C15H21NOS/c17-14-8-3-1-2-7-12(14)16-13-10-18-15-9-5-4-6-11(13)15/h4-6,9,12-14,16-17H,1-3,7-8,10H2. The van der Waals surface area contributed by atoms with E-state index in [4.69, 9.17) is 0 Å². The molecule has 1 fully saturated rings. The molecule has 0 saturated heterocycles. The van der Waals surface area contributed by atoms with Crippen molar-refractivity contribution >= 4 is 11.8 Å².